The van der Waals surface area contributed by atoms with Crippen molar-refractivity contribution in [3.8, 4) is 0 Å². The fourth-order valence-electron chi connectivity index (χ4n) is 0.834. The van der Waals surface area contributed by atoms with E-state index >= 15 is 0 Å². The molecule has 1 heterocycles. The summed E-state index contributed by atoms with van der Waals surface area (Å²) in [5, 5.41) is 13.3. The first kappa shape index (κ1) is 12.7. The summed E-state index contributed by atoms with van der Waals surface area (Å²) in [6.07, 6.45) is -1.35. The molecule has 0 radical (unpaired) electrons. The SMILES string of the molecule is O=[N+]([O-])c1cnc(NCCOCC(F)F)s1. The first-order valence-corrected chi connectivity index (χ1v) is 5.11. The third-order valence-corrected chi connectivity index (χ3v) is 2.35. The van der Waals surface area contributed by atoms with Crippen molar-refractivity contribution in [2.24, 2.45) is 0 Å². The quantitative estimate of drug-likeness (QED) is 0.455. The molecule has 9 heteroatoms. The molecule has 0 amide bonds. The fourth-order valence-corrected chi connectivity index (χ4v) is 1.49. The standard InChI is InChI=1S/C7H9F2N3O3S/c8-5(9)4-15-2-1-10-7-11-3-6(16-7)12(13)14/h3,5H,1-2,4H2,(H,10,11). The van der Waals surface area contributed by atoms with E-state index in [0.717, 1.165) is 17.5 Å². The van der Waals surface area contributed by atoms with Crippen LogP contribution in [0.15, 0.2) is 6.20 Å². The third-order valence-electron chi connectivity index (χ3n) is 1.44. The Morgan fingerprint density at radius 2 is 2.44 bits per heavy atom. The van der Waals surface area contributed by atoms with Gasteiger partial charge in [0.2, 0.25) is 0 Å². The number of aromatic nitrogens is 1. The Bertz CT molecular complexity index is 347. The molecule has 0 aliphatic heterocycles. The Labute approximate surface area is 93.4 Å². The number of hydrogen-bond acceptors (Lipinski definition) is 6. The van der Waals surface area contributed by atoms with Gasteiger partial charge in [0.1, 0.15) is 12.8 Å². The molecule has 0 unspecified atom stereocenters. The van der Waals surface area contributed by atoms with Crippen LogP contribution in [0.1, 0.15) is 0 Å². The minimum absolute atomic E-state index is 0.0731. The van der Waals surface area contributed by atoms with E-state index in [2.05, 4.69) is 15.0 Å². The zero-order valence-corrected chi connectivity index (χ0v) is 8.88. The molecular formula is C7H9F2N3O3S. The summed E-state index contributed by atoms with van der Waals surface area (Å²) in [6.45, 7) is -0.241. The Morgan fingerprint density at radius 1 is 1.69 bits per heavy atom. The molecule has 0 bridgehead atoms. The Kier molecular flexibility index (Phi) is 4.99. The number of rotatable bonds is 7. The van der Waals surface area contributed by atoms with Crippen LogP contribution in [-0.4, -0.2) is 36.1 Å². The average Bonchev–Trinajstić information content (AvgIpc) is 2.65. The van der Waals surface area contributed by atoms with Gasteiger partial charge in [0.15, 0.2) is 5.13 Å². The monoisotopic (exact) mass is 253 g/mol. The number of ether oxygens (including phenoxy) is 1. The molecule has 0 saturated heterocycles. The van der Waals surface area contributed by atoms with E-state index in [1.807, 2.05) is 0 Å². The predicted molar refractivity (Wildman–Crippen MR) is 54.1 cm³/mol. The van der Waals surface area contributed by atoms with Crippen LogP contribution in [0.4, 0.5) is 18.9 Å². The van der Waals surface area contributed by atoms with Crippen LogP contribution in [0.25, 0.3) is 0 Å². The number of nitro groups is 1. The van der Waals surface area contributed by atoms with Gasteiger partial charge >= 0.3 is 5.00 Å². The summed E-state index contributed by atoms with van der Waals surface area (Å²) in [5.41, 5.74) is 0. The third kappa shape index (κ3) is 4.45. The lowest BCUT2D eigenvalue weighted by molar-refractivity contribution is -0.380. The van der Waals surface area contributed by atoms with Crippen LogP contribution in [0.5, 0.6) is 0 Å². The van der Waals surface area contributed by atoms with Gasteiger partial charge in [0.25, 0.3) is 6.43 Å². The number of halogens is 2. The van der Waals surface area contributed by atoms with Gasteiger partial charge < -0.3 is 10.1 Å². The van der Waals surface area contributed by atoms with Crippen LogP contribution in [0.2, 0.25) is 0 Å². The van der Waals surface area contributed by atoms with Gasteiger partial charge in [0, 0.05) is 6.54 Å². The van der Waals surface area contributed by atoms with Crippen molar-refractivity contribution >= 4 is 21.5 Å². The molecule has 16 heavy (non-hydrogen) atoms. The highest BCUT2D eigenvalue weighted by molar-refractivity contribution is 7.18. The molecule has 1 aromatic heterocycles. The molecule has 0 aromatic carbocycles. The smallest absolute Gasteiger partial charge is 0.345 e. The van der Waals surface area contributed by atoms with Crippen LogP contribution < -0.4 is 5.32 Å². The van der Waals surface area contributed by atoms with E-state index in [9.17, 15) is 18.9 Å². The molecule has 1 N–H and O–H groups in total. The molecular weight excluding hydrogens is 244 g/mol. The molecule has 0 aliphatic carbocycles. The van der Waals surface area contributed by atoms with E-state index < -0.39 is 18.0 Å². The van der Waals surface area contributed by atoms with Crippen molar-refractivity contribution in [3.63, 3.8) is 0 Å². The normalized spacial score (nSPS) is 10.7. The van der Waals surface area contributed by atoms with Crippen LogP contribution in [0.3, 0.4) is 0 Å². The van der Waals surface area contributed by atoms with Gasteiger partial charge in [-0.05, 0) is 11.3 Å². The van der Waals surface area contributed by atoms with E-state index in [-0.39, 0.29) is 18.2 Å². The van der Waals surface area contributed by atoms with E-state index in [1.54, 1.807) is 0 Å². The first-order valence-electron chi connectivity index (χ1n) is 4.29. The lowest BCUT2D eigenvalue weighted by Crippen LogP contribution is -2.12. The largest absolute Gasteiger partial charge is 0.374 e. The molecule has 1 aromatic rings. The Balaban J connectivity index is 2.19. The summed E-state index contributed by atoms with van der Waals surface area (Å²) in [7, 11) is 0. The molecule has 0 atom stereocenters. The van der Waals surface area contributed by atoms with E-state index in [0.29, 0.717) is 5.13 Å². The first-order chi connectivity index (χ1) is 7.59. The lowest BCUT2D eigenvalue weighted by atomic mass is 10.6. The Morgan fingerprint density at radius 3 is 3.00 bits per heavy atom. The van der Waals surface area contributed by atoms with E-state index in [1.165, 1.54) is 0 Å². The second-order valence-corrected chi connectivity index (χ2v) is 3.66. The van der Waals surface area contributed by atoms with Crippen molar-refractivity contribution in [1.29, 1.82) is 0 Å². The van der Waals surface area contributed by atoms with Gasteiger partial charge in [-0.25, -0.2) is 13.8 Å². The molecule has 0 spiro atoms. The number of anilines is 1. The van der Waals surface area contributed by atoms with Crippen LogP contribution in [-0.2, 0) is 4.74 Å². The maximum absolute atomic E-state index is 11.6. The van der Waals surface area contributed by atoms with E-state index in [4.69, 9.17) is 0 Å². The molecule has 0 aliphatic rings. The van der Waals surface area contributed by atoms with Gasteiger partial charge in [0.05, 0.1) is 11.5 Å². The minimum atomic E-state index is -2.49. The number of alkyl halides is 2. The highest BCUT2D eigenvalue weighted by Gasteiger charge is 2.10. The van der Waals surface area contributed by atoms with Crippen molar-refractivity contribution in [1.82, 2.24) is 4.98 Å². The number of hydrogen-bond donors (Lipinski definition) is 1. The number of thiazole rings is 1. The number of nitrogens with one attached hydrogen (secondary N) is 1. The topological polar surface area (TPSA) is 77.3 Å². The van der Waals surface area contributed by atoms with Crippen molar-refractivity contribution in [2.75, 3.05) is 25.1 Å². The summed E-state index contributed by atoms with van der Waals surface area (Å²) in [6, 6.07) is 0. The minimum Gasteiger partial charge on any atom is -0.374 e. The summed E-state index contributed by atoms with van der Waals surface area (Å²) < 4.78 is 27.9. The van der Waals surface area contributed by atoms with Crippen molar-refractivity contribution < 1.29 is 18.4 Å². The van der Waals surface area contributed by atoms with Gasteiger partial charge in [-0.1, -0.05) is 0 Å². The maximum atomic E-state index is 11.6. The zero-order chi connectivity index (χ0) is 12.0. The highest BCUT2D eigenvalue weighted by Crippen LogP contribution is 2.24. The summed E-state index contributed by atoms with van der Waals surface area (Å²) >= 11 is 0.880. The second-order valence-electron chi connectivity index (χ2n) is 2.65. The van der Waals surface area contributed by atoms with Crippen LogP contribution in [0, 0.1) is 10.1 Å². The summed E-state index contributed by atoms with van der Waals surface area (Å²) in [4.78, 5) is 13.5. The lowest BCUT2D eigenvalue weighted by Gasteiger charge is -2.03. The molecule has 0 fully saturated rings. The highest BCUT2D eigenvalue weighted by atomic mass is 32.1. The van der Waals surface area contributed by atoms with Crippen molar-refractivity contribution in [2.45, 2.75) is 6.43 Å². The van der Waals surface area contributed by atoms with Gasteiger partial charge in [-0.2, -0.15) is 0 Å². The summed E-state index contributed by atoms with van der Waals surface area (Å²) in [5.74, 6) is 0. The van der Waals surface area contributed by atoms with Gasteiger partial charge in [-0.3, -0.25) is 10.1 Å². The van der Waals surface area contributed by atoms with Crippen LogP contribution >= 0.6 is 11.3 Å². The maximum Gasteiger partial charge on any atom is 0.345 e. The average molecular weight is 253 g/mol. The predicted octanol–water partition coefficient (Wildman–Crippen LogP) is 1.74. The molecule has 90 valence electrons. The van der Waals surface area contributed by atoms with Crippen molar-refractivity contribution in [3.05, 3.63) is 16.3 Å². The molecule has 6 nitrogen and oxygen atoms in total. The number of nitrogens with zero attached hydrogens (tertiary/aromatic N) is 2. The molecule has 1 rings (SSSR count). The van der Waals surface area contributed by atoms with Gasteiger partial charge in [-0.15, -0.1) is 0 Å². The molecule has 0 saturated carbocycles. The Hall–Kier alpha value is -1.35. The zero-order valence-electron chi connectivity index (χ0n) is 8.06. The second kappa shape index (κ2) is 6.28. The fraction of sp³-hybridized carbons (Fsp3) is 0.571.